The predicted molar refractivity (Wildman–Crippen MR) is 78.3 cm³/mol. The summed E-state index contributed by atoms with van der Waals surface area (Å²) in [4.78, 5) is 0. The first-order valence-electron chi connectivity index (χ1n) is 6.06. The Morgan fingerprint density at radius 1 is 1.33 bits per heavy atom. The number of rotatable bonds is 6. The van der Waals surface area contributed by atoms with E-state index in [1.54, 1.807) is 11.3 Å². The maximum absolute atomic E-state index is 5.86. The van der Waals surface area contributed by atoms with Crippen molar-refractivity contribution in [2.24, 2.45) is 0 Å². The monoisotopic (exact) mass is 262 g/mol. The molecule has 0 aliphatic carbocycles. The zero-order valence-electron chi connectivity index (χ0n) is 10.5. The highest BCUT2D eigenvalue weighted by Crippen LogP contribution is 2.23. The van der Waals surface area contributed by atoms with Crippen molar-refractivity contribution in [2.75, 3.05) is 17.7 Å². The van der Waals surface area contributed by atoms with Gasteiger partial charge in [0.15, 0.2) is 0 Å². The first-order chi connectivity index (χ1) is 8.78. The van der Waals surface area contributed by atoms with Crippen molar-refractivity contribution >= 4 is 22.7 Å². The lowest BCUT2D eigenvalue weighted by Crippen LogP contribution is -2.01. The minimum Gasteiger partial charge on any atom is -0.493 e. The Bertz CT molecular complexity index is 483. The molecule has 0 aliphatic heterocycles. The molecule has 4 heteroatoms. The van der Waals surface area contributed by atoms with E-state index in [9.17, 15) is 0 Å². The maximum atomic E-state index is 5.86. The number of anilines is 2. The van der Waals surface area contributed by atoms with Crippen LogP contribution in [-0.4, -0.2) is 6.61 Å². The van der Waals surface area contributed by atoms with Crippen LogP contribution >= 0.6 is 11.3 Å². The summed E-state index contributed by atoms with van der Waals surface area (Å²) >= 11 is 1.70. The summed E-state index contributed by atoms with van der Waals surface area (Å²) in [5, 5.41) is 7.56. The standard InChI is InChI=1S/C14H18N2OS/c1-2-4-17-14-7-12(15)6-13(8-14)16-9-11-3-5-18-10-11/h3,5-8,10,16H,2,4,9,15H2,1H3. The van der Waals surface area contributed by atoms with Gasteiger partial charge in [-0.05, 0) is 34.9 Å². The molecule has 2 aromatic rings. The first-order valence-corrected chi connectivity index (χ1v) is 7.00. The topological polar surface area (TPSA) is 47.3 Å². The molecule has 0 spiro atoms. The van der Waals surface area contributed by atoms with Crippen molar-refractivity contribution in [2.45, 2.75) is 19.9 Å². The summed E-state index contributed by atoms with van der Waals surface area (Å²) in [6.07, 6.45) is 0.993. The van der Waals surface area contributed by atoms with E-state index in [-0.39, 0.29) is 0 Å². The molecule has 96 valence electrons. The van der Waals surface area contributed by atoms with E-state index >= 15 is 0 Å². The zero-order chi connectivity index (χ0) is 12.8. The van der Waals surface area contributed by atoms with E-state index in [2.05, 4.69) is 29.1 Å². The van der Waals surface area contributed by atoms with Crippen LogP contribution in [0.3, 0.4) is 0 Å². The normalized spacial score (nSPS) is 10.3. The Balaban J connectivity index is 2.00. The van der Waals surface area contributed by atoms with Crippen LogP contribution in [-0.2, 0) is 6.54 Å². The molecular weight excluding hydrogens is 244 g/mol. The molecule has 0 saturated heterocycles. The third-order valence-electron chi connectivity index (χ3n) is 2.48. The fourth-order valence-electron chi connectivity index (χ4n) is 1.62. The molecule has 0 fully saturated rings. The Labute approximate surface area is 112 Å². The number of nitrogens with two attached hydrogens (primary N) is 1. The molecule has 3 nitrogen and oxygen atoms in total. The summed E-state index contributed by atoms with van der Waals surface area (Å²) in [5.74, 6) is 0.824. The minimum atomic E-state index is 0.716. The fraction of sp³-hybridized carbons (Fsp3) is 0.286. The molecule has 1 aromatic carbocycles. The van der Waals surface area contributed by atoms with Gasteiger partial charge in [0.25, 0.3) is 0 Å². The lowest BCUT2D eigenvalue weighted by molar-refractivity contribution is 0.318. The van der Waals surface area contributed by atoms with Gasteiger partial charge in [-0.25, -0.2) is 0 Å². The summed E-state index contributed by atoms with van der Waals surface area (Å²) in [5.41, 5.74) is 8.85. The summed E-state index contributed by atoms with van der Waals surface area (Å²) in [7, 11) is 0. The lowest BCUT2D eigenvalue weighted by atomic mass is 10.2. The van der Waals surface area contributed by atoms with E-state index < -0.39 is 0 Å². The molecule has 0 radical (unpaired) electrons. The highest BCUT2D eigenvalue weighted by Gasteiger charge is 2.00. The third kappa shape index (κ3) is 3.67. The second kappa shape index (κ2) is 6.31. The van der Waals surface area contributed by atoms with Gasteiger partial charge in [-0.15, -0.1) is 0 Å². The fourth-order valence-corrected chi connectivity index (χ4v) is 2.29. The minimum absolute atomic E-state index is 0.716. The predicted octanol–water partition coefficient (Wildman–Crippen LogP) is 3.73. The second-order valence-corrected chi connectivity index (χ2v) is 4.90. The molecule has 18 heavy (non-hydrogen) atoms. The summed E-state index contributed by atoms with van der Waals surface area (Å²) in [6, 6.07) is 7.87. The Morgan fingerprint density at radius 2 is 2.22 bits per heavy atom. The van der Waals surface area contributed by atoms with Crippen molar-refractivity contribution in [1.82, 2.24) is 0 Å². The third-order valence-corrected chi connectivity index (χ3v) is 3.21. The number of hydrogen-bond donors (Lipinski definition) is 2. The molecule has 0 amide bonds. The van der Waals surface area contributed by atoms with Gasteiger partial charge in [0.1, 0.15) is 5.75 Å². The van der Waals surface area contributed by atoms with Gasteiger partial charge in [0, 0.05) is 30.1 Å². The average molecular weight is 262 g/mol. The van der Waals surface area contributed by atoms with E-state index in [0.717, 1.165) is 30.1 Å². The molecule has 1 aromatic heterocycles. The smallest absolute Gasteiger partial charge is 0.123 e. The van der Waals surface area contributed by atoms with Gasteiger partial charge in [-0.1, -0.05) is 6.92 Å². The maximum Gasteiger partial charge on any atom is 0.123 e. The highest BCUT2D eigenvalue weighted by atomic mass is 32.1. The number of hydrogen-bond acceptors (Lipinski definition) is 4. The first kappa shape index (κ1) is 12.8. The quantitative estimate of drug-likeness (QED) is 0.780. The molecule has 0 saturated carbocycles. The van der Waals surface area contributed by atoms with Crippen molar-refractivity contribution < 1.29 is 4.74 Å². The molecule has 1 heterocycles. The number of thiophene rings is 1. The van der Waals surface area contributed by atoms with E-state index in [0.29, 0.717) is 6.61 Å². The van der Waals surface area contributed by atoms with E-state index in [1.807, 2.05) is 18.2 Å². The molecule has 2 rings (SSSR count). The van der Waals surface area contributed by atoms with Crippen LogP contribution in [0.25, 0.3) is 0 Å². The number of ether oxygens (including phenoxy) is 1. The Kier molecular flexibility index (Phi) is 4.47. The molecule has 0 unspecified atom stereocenters. The van der Waals surface area contributed by atoms with Crippen molar-refractivity contribution in [1.29, 1.82) is 0 Å². The SMILES string of the molecule is CCCOc1cc(N)cc(NCc2ccsc2)c1. The Morgan fingerprint density at radius 3 is 2.94 bits per heavy atom. The average Bonchev–Trinajstić information content (AvgIpc) is 2.86. The zero-order valence-corrected chi connectivity index (χ0v) is 11.3. The van der Waals surface area contributed by atoms with Gasteiger partial charge in [-0.3, -0.25) is 0 Å². The van der Waals surface area contributed by atoms with E-state index in [4.69, 9.17) is 10.5 Å². The van der Waals surface area contributed by atoms with Crippen molar-refractivity contribution in [3.8, 4) is 5.75 Å². The second-order valence-electron chi connectivity index (χ2n) is 4.12. The van der Waals surface area contributed by atoms with Gasteiger partial charge in [0.05, 0.1) is 6.61 Å². The number of nitrogen functional groups attached to an aromatic ring is 1. The molecule has 0 bridgehead atoms. The van der Waals surface area contributed by atoms with E-state index in [1.165, 1.54) is 5.56 Å². The van der Waals surface area contributed by atoms with Crippen LogP contribution in [0.15, 0.2) is 35.0 Å². The number of nitrogens with one attached hydrogen (secondary N) is 1. The molecule has 3 N–H and O–H groups in total. The van der Waals surface area contributed by atoms with Crippen LogP contribution in [0.1, 0.15) is 18.9 Å². The summed E-state index contributed by atoms with van der Waals surface area (Å²) < 4.78 is 5.60. The van der Waals surface area contributed by atoms with Gasteiger partial charge < -0.3 is 15.8 Å². The number of benzene rings is 1. The van der Waals surface area contributed by atoms with Crippen LogP contribution < -0.4 is 15.8 Å². The van der Waals surface area contributed by atoms with Crippen LogP contribution in [0.2, 0.25) is 0 Å². The molecule has 0 atom stereocenters. The van der Waals surface area contributed by atoms with Crippen LogP contribution in [0.5, 0.6) is 5.75 Å². The lowest BCUT2D eigenvalue weighted by Gasteiger charge is -2.10. The van der Waals surface area contributed by atoms with Crippen molar-refractivity contribution in [3.05, 3.63) is 40.6 Å². The van der Waals surface area contributed by atoms with Gasteiger partial charge in [0.2, 0.25) is 0 Å². The van der Waals surface area contributed by atoms with Crippen molar-refractivity contribution in [3.63, 3.8) is 0 Å². The molecular formula is C14H18N2OS. The van der Waals surface area contributed by atoms with Gasteiger partial charge in [-0.2, -0.15) is 11.3 Å². The van der Waals surface area contributed by atoms with Crippen LogP contribution in [0, 0.1) is 0 Å². The molecule has 0 aliphatic rings. The highest BCUT2D eigenvalue weighted by molar-refractivity contribution is 7.07. The van der Waals surface area contributed by atoms with Gasteiger partial charge >= 0.3 is 0 Å². The summed E-state index contributed by atoms with van der Waals surface area (Å²) in [6.45, 7) is 3.61. The van der Waals surface area contributed by atoms with Crippen LogP contribution in [0.4, 0.5) is 11.4 Å². The Hall–Kier alpha value is -1.68. The largest absolute Gasteiger partial charge is 0.493 e.